The van der Waals surface area contributed by atoms with Crippen molar-refractivity contribution in [2.24, 2.45) is 0 Å². The van der Waals surface area contributed by atoms with Crippen LogP contribution in [0.1, 0.15) is 23.1 Å². The summed E-state index contributed by atoms with van der Waals surface area (Å²) in [6, 6.07) is 18.7. The lowest BCUT2D eigenvalue weighted by Crippen LogP contribution is -2.34. The molecule has 0 aliphatic carbocycles. The smallest absolute Gasteiger partial charge is 0.302 e. The average Bonchev–Trinajstić information content (AvgIpc) is 2.99. The first-order valence-electron chi connectivity index (χ1n) is 10.6. The number of benzene rings is 2. The summed E-state index contributed by atoms with van der Waals surface area (Å²) in [5, 5.41) is 5.04. The lowest BCUT2D eigenvalue weighted by atomic mass is 10.1. The van der Waals surface area contributed by atoms with Gasteiger partial charge in [-0.1, -0.05) is 42.5 Å². The second-order valence-electron chi connectivity index (χ2n) is 7.75. The van der Waals surface area contributed by atoms with Crippen LogP contribution >= 0.6 is 23.5 Å². The van der Waals surface area contributed by atoms with Crippen LogP contribution in [-0.2, 0) is 13.0 Å². The minimum atomic E-state index is -0.0130. The second-order valence-corrected chi connectivity index (χ2v) is 10.2. The van der Waals surface area contributed by atoms with Crippen LogP contribution in [-0.4, -0.2) is 50.4 Å². The van der Waals surface area contributed by atoms with Gasteiger partial charge >= 0.3 is 5.69 Å². The Morgan fingerprint density at radius 3 is 2.57 bits per heavy atom. The molecule has 0 saturated carbocycles. The molecule has 1 unspecified atom stereocenters. The van der Waals surface area contributed by atoms with Crippen molar-refractivity contribution in [3.8, 4) is 5.69 Å². The molecule has 2 aromatic carbocycles. The number of para-hydroxylation sites is 1. The Labute approximate surface area is 185 Å². The Balaban J connectivity index is 1.43. The van der Waals surface area contributed by atoms with Crippen LogP contribution in [0, 0.1) is 0 Å². The minimum absolute atomic E-state index is 0.0130. The fourth-order valence-electron chi connectivity index (χ4n) is 4.20. The fraction of sp³-hybridized carbons (Fsp3) is 0.391. The summed E-state index contributed by atoms with van der Waals surface area (Å²) in [6.45, 7) is 4.02. The highest BCUT2D eigenvalue weighted by atomic mass is 32.2. The minimum Gasteiger partial charge on any atom is -0.302 e. The Morgan fingerprint density at radius 2 is 1.73 bits per heavy atom. The third kappa shape index (κ3) is 4.11. The third-order valence-electron chi connectivity index (χ3n) is 5.77. The zero-order chi connectivity index (χ0) is 20.3. The van der Waals surface area contributed by atoms with Crippen molar-refractivity contribution >= 4 is 23.5 Å². The molecule has 1 saturated heterocycles. The van der Waals surface area contributed by atoms with Gasteiger partial charge in [0.25, 0.3) is 0 Å². The van der Waals surface area contributed by atoms with Crippen molar-refractivity contribution in [2.45, 2.75) is 29.5 Å². The molecule has 2 aliphatic rings. The molecule has 0 bridgehead atoms. The van der Waals surface area contributed by atoms with E-state index in [0.29, 0.717) is 6.54 Å². The van der Waals surface area contributed by atoms with E-state index >= 15 is 0 Å². The quantitative estimate of drug-likeness (QED) is 0.605. The predicted octanol–water partition coefficient (Wildman–Crippen LogP) is 3.86. The van der Waals surface area contributed by atoms with Gasteiger partial charge in [0.1, 0.15) is 5.82 Å². The first kappa shape index (κ1) is 20.0. The van der Waals surface area contributed by atoms with Gasteiger partial charge in [0.15, 0.2) is 0 Å². The summed E-state index contributed by atoms with van der Waals surface area (Å²) in [6.07, 6.45) is 1.70. The van der Waals surface area contributed by atoms with Gasteiger partial charge in [0.2, 0.25) is 0 Å². The number of thioether (sulfide) groups is 2. The van der Waals surface area contributed by atoms with E-state index in [9.17, 15) is 4.79 Å². The van der Waals surface area contributed by atoms with Gasteiger partial charge in [-0.2, -0.15) is 16.9 Å². The van der Waals surface area contributed by atoms with Crippen molar-refractivity contribution in [1.29, 1.82) is 0 Å². The summed E-state index contributed by atoms with van der Waals surface area (Å²) in [7, 11) is 0. The summed E-state index contributed by atoms with van der Waals surface area (Å²) in [5.74, 6) is 3.29. The Morgan fingerprint density at radius 1 is 0.967 bits per heavy atom. The number of aryl methyl sites for hydroxylation is 1. The predicted molar refractivity (Wildman–Crippen MR) is 125 cm³/mol. The monoisotopic (exact) mass is 438 g/mol. The molecule has 7 heteroatoms. The van der Waals surface area contributed by atoms with Gasteiger partial charge in [-0.25, -0.2) is 14.0 Å². The number of fused-ring (bicyclic) bond motifs is 3. The van der Waals surface area contributed by atoms with Crippen molar-refractivity contribution in [2.75, 3.05) is 31.1 Å². The lowest BCUT2D eigenvalue weighted by molar-refractivity contribution is 0.289. The van der Waals surface area contributed by atoms with Crippen LogP contribution in [0.5, 0.6) is 0 Å². The molecule has 2 aliphatic heterocycles. The van der Waals surface area contributed by atoms with E-state index in [1.165, 1.54) is 17.1 Å². The normalized spacial score (nSPS) is 19.1. The maximum Gasteiger partial charge on any atom is 0.350 e. The van der Waals surface area contributed by atoms with E-state index in [1.807, 2.05) is 52.4 Å². The van der Waals surface area contributed by atoms with E-state index in [2.05, 4.69) is 35.2 Å². The van der Waals surface area contributed by atoms with E-state index in [-0.39, 0.29) is 10.9 Å². The molecule has 5 rings (SSSR count). The largest absolute Gasteiger partial charge is 0.350 e. The SMILES string of the molecule is O=c1n(CCCN2CCSCC2)nc2n1-c1ccccc1SC(c1ccccc1)C2. The Kier molecular flexibility index (Phi) is 6.02. The molecule has 3 aromatic rings. The number of rotatable bonds is 5. The lowest BCUT2D eigenvalue weighted by Gasteiger charge is -2.25. The fourth-order valence-corrected chi connectivity index (χ4v) is 6.45. The number of nitrogens with zero attached hydrogens (tertiary/aromatic N) is 4. The summed E-state index contributed by atoms with van der Waals surface area (Å²) < 4.78 is 3.52. The molecule has 1 atom stereocenters. The third-order valence-corrected chi connectivity index (χ3v) is 8.03. The highest BCUT2D eigenvalue weighted by molar-refractivity contribution is 7.99. The number of hydrogen-bond acceptors (Lipinski definition) is 5. The molecule has 0 spiro atoms. The summed E-state index contributed by atoms with van der Waals surface area (Å²) >= 11 is 3.85. The van der Waals surface area contributed by atoms with Gasteiger partial charge in [-0.15, -0.1) is 11.8 Å². The molecule has 0 radical (unpaired) electrons. The molecular formula is C23H26N4OS2. The van der Waals surface area contributed by atoms with E-state index in [0.717, 1.165) is 48.9 Å². The molecule has 1 aromatic heterocycles. The Bertz CT molecular complexity index is 1060. The molecule has 0 amide bonds. The highest BCUT2D eigenvalue weighted by Crippen LogP contribution is 2.42. The van der Waals surface area contributed by atoms with Crippen LogP contribution in [0.4, 0.5) is 0 Å². The van der Waals surface area contributed by atoms with Gasteiger partial charge in [0.05, 0.1) is 5.69 Å². The molecule has 3 heterocycles. The maximum absolute atomic E-state index is 13.3. The standard InChI is InChI=1S/C23H26N4OS2/c28-23-26(12-6-11-25-13-15-29-16-14-25)24-22-17-21(18-7-2-1-3-8-18)30-20-10-5-4-9-19(20)27(22)23/h1-5,7-10,21H,6,11-17H2. The van der Waals surface area contributed by atoms with Crippen molar-refractivity contribution in [3.63, 3.8) is 0 Å². The van der Waals surface area contributed by atoms with E-state index in [4.69, 9.17) is 5.10 Å². The first-order valence-corrected chi connectivity index (χ1v) is 12.6. The molecule has 5 nitrogen and oxygen atoms in total. The average molecular weight is 439 g/mol. The first-order chi connectivity index (χ1) is 14.8. The zero-order valence-corrected chi connectivity index (χ0v) is 18.6. The second kappa shape index (κ2) is 9.04. The van der Waals surface area contributed by atoms with Gasteiger partial charge in [-0.3, -0.25) is 0 Å². The van der Waals surface area contributed by atoms with Crippen molar-refractivity contribution in [3.05, 3.63) is 76.5 Å². The van der Waals surface area contributed by atoms with Crippen LogP contribution < -0.4 is 5.69 Å². The van der Waals surface area contributed by atoms with Crippen LogP contribution in [0.3, 0.4) is 0 Å². The van der Waals surface area contributed by atoms with Gasteiger partial charge < -0.3 is 4.90 Å². The van der Waals surface area contributed by atoms with Crippen molar-refractivity contribution < 1.29 is 0 Å². The molecule has 0 N–H and O–H groups in total. The number of aromatic nitrogens is 3. The maximum atomic E-state index is 13.3. The molecule has 30 heavy (non-hydrogen) atoms. The van der Waals surface area contributed by atoms with E-state index < -0.39 is 0 Å². The van der Waals surface area contributed by atoms with Gasteiger partial charge in [0, 0.05) is 47.7 Å². The molecular weight excluding hydrogens is 412 g/mol. The van der Waals surface area contributed by atoms with Crippen LogP contribution in [0.15, 0.2) is 64.3 Å². The summed E-state index contributed by atoms with van der Waals surface area (Å²) in [4.78, 5) is 16.9. The Hall–Kier alpha value is -1.96. The van der Waals surface area contributed by atoms with Crippen LogP contribution in [0.25, 0.3) is 5.69 Å². The number of hydrogen-bond donors (Lipinski definition) is 0. The van der Waals surface area contributed by atoms with E-state index in [1.54, 1.807) is 4.68 Å². The topological polar surface area (TPSA) is 43.1 Å². The van der Waals surface area contributed by atoms with Gasteiger partial charge in [-0.05, 0) is 30.7 Å². The zero-order valence-electron chi connectivity index (χ0n) is 16.9. The summed E-state index contributed by atoms with van der Waals surface area (Å²) in [5.41, 5.74) is 2.22. The molecule has 156 valence electrons. The highest BCUT2D eigenvalue weighted by Gasteiger charge is 2.27. The molecule has 1 fully saturated rings. The van der Waals surface area contributed by atoms with Crippen LogP contribution in [0.2, 0.25) is 0 Å². The van der Waals surface area contributed by atoms with Crippen molar-refractivity contribution in [1.82, 2.24) is 19.2 Å².